The van der Waals surface area contributed by atoms with Gasteiger partial charge in [-0.25, -0.2) is 9.97 Å². The number of anilines is 1. The minimum Gasteiger partial charge on any atom is -0.432 e. The van der Waals surface area contributed by atoms with Gasteiger partial charge in [-0.2, -0.15) is 4.98 Å². The highest BCUT2D eigenvalue weighted by atomic mass is 35.5. The van der Waals surface area contributed by atoms with Crippen molar-refractivity contribution in [2.24, 2.45) is 22.6 Å². The number of imidazole rings is 1. The van der Waals surface area contributed by atoms with Crippen LogP contribution in [-0.4, -0.2) is 61.4 Å². The van der Waals surface area contributed by atoms with Gasteiger partial charge in [-0.05, 0) is 38.0 Å². The number of rotatable bonds is 8. The van der Waals surface area contributed by atoms with Gasteiger partial charge in [-0.15, -0.1) is 12.3 Å². The Morgan fingerprint density at radius 2 is 2.11 bits per heavy atom. The van der Waals surface area contributed by atoms with Gasteiger partial charge in [0.05, 0.1) is 12.3 Å². The van der Waals surface area contributed by atoms with E-state index in [1.165, 1.54) is 0 Å². The molecule has 0 saturated heterocycles. The summed E-state index contributed by atoms with van der Waals surface area (Å²) in [5.74, 6) is 3.28. The van der Waals surface area contributed by atoms with Crippen LogP contribution in [-0.2, 0) is 11.3 Å². The number of aliphatic hydroxyl groups is 2. The van der Waals surface area contributed by atoms with Crippen LogP contribution >= 0.6 is 11.6 Å². The van der Waals surface area contributed by atoms with Gasteiger partial charge in [0.15, 0.2) is 5.65 Å². The third kappa shape index (κ3) is 5.79. The quantitative estimate of drug-likeness (QED) is 0.158. The molecule has 1 aliphatic carbocycles. The predicted molar refractivity (Wildman–Crippen MR) is 133 cm³/mol. The number of aliphatic hydroxyl groups excluding tert-OH is 2. The number of terminal acetylenes is 1. The topological polar surface area (TPSA) is 168 Å². The number of allylic oxidation sites excluding steroid dienone is 1. The standard InChI is InChI=1S/C23H29ClN8O3/c1-2-13-3-5-14(6-4-13)12-32-18-17(15-9-16(24)11-27-10-15)29-21(19(25)35-22(26)34)30-20(18)31-23(32)28-7-8-33/h1,10-11,13-15,22,25,33-34H,3-9,12,26H2,(H,28,29,30,31)/t13-,14-,15?,22?. The van der Waals surface area contributed by atoms with Gasteiger partial charge in [0.25, 0.3) is 12.3 Å². The van der Waals surface area contributed by atoms with Gasteiger partial charge in [-0.1, -0.05) is 11.6 Å². The molecular weight excluding hydrogens is 472 g/mol. The van der Waals surface area contributed by atoms with E-state index in [-0.39, 0.29) is 18.3 Å². The van der Waals surface area contributed by atoms with Crippen molar-refractivity contribution < 1.29 is 14.9 Å². The SMILES string of the molecule is C#C[C@H]1CC[C@H](Cn2c(NCCO)nc3nc(C(=N)OC(N)O)nc(C4C=NC=C(Cl)C4)c32)CC1. The Labute approximate surface area is 208 Å². The molecular formula is C23H29ClN8O3. The van der Waals surface area contributed by atoms with Crippen molar-refractivity contribution in [1.82, 2.24) is 19.5 Å². The van der Waals surface area contributed by atoms with E-state index in [0.29, 0.717) is 59.2 Å². The monoisotopic (exact) mass is 500 g/mol. The summed E-state index contributed by atoms with van der Waals surface area (Å²) in [5, 5.41) is 30.6. The van der Waals surface area contributed by atoms with Gasteiger partial charge in [0, 0.05) is 42.4 Å². The van der Waals surface area contributed by atoms with E-state index >= 15 is 0 Å². The highest BCUT2D eigenvalue weighted by Gasteiger charge is 2.28. The van der Waals surface area contributed by atoms with E-state index in [4.69, 9.17) is 33.9 Å². The van der Waals surface area contributed by atoms with Gasteiger partial charge in [0.1, 0.15) is 5.52 Å². The molecule has 12 heteroatoms. The molecule has 2 aromatic rings. The molecule has 2 atom stereocenters. The molecule has 3 heterocycles. The second-order valence-corrected chi connectivity index (χ2v) is 9.19. The summed E-state index contributed by atoms with van der Waals surface area (Å²) in [6, 6.07) is 0. The lowest BCUT2D eigenvalue weighted by Crippen LogP contribution is -2.27. The van der Waals surface area contributed by atoms with Crippen LogP contribution < -0.4 is 11.1 Å². The minimum absolute atomic E-state index is 0.0658. The summed E-state index contributed by atoms with van der Waals surface area (Å²) in [4.78, 5) is 18.0. The summed E-state index contributed by atoms with van der Waals surface area (Å²) < 4.78 is 6.95. The van der Waals surface area contributed by atoms with Crippen LogP contribution in [0.5, 0.6) is 0 Å². The second kappa shape index (κ2) is 11.1. The fourth-order valence-electron chi connectivity index (χ4n) is 4.56. The largest absolute Gasteiger partial charge is 0.432 e. The van der Waals surface area contributed by atoms with E-state index in [0.717, 1.165) is 25.7 Å². The Hall–Kier alpha value is -3.04. The molecule has 2 unspecified atom stereocenters. The van der Waals surface area contributed by atoms with E-state index < -0.39 is 12.3 Å². The molecule has 1 saturated carbocycles. The maximum Gasteiger partial charge on any atom is 0.256 e. The molecule has 35 heavy (non-hydrogen) atoms. The molecule has 0 amide bonds. The molecule has 0 spiro atoms. The van der Waals surface area contributed by atoms with Crippen LogP contribution in [0.25, 0.3) is 11.2 Å². The van der Waals surface area contributed by atoms with Crippen molar-refractivity contribution in [3.63, 3.8) is 0 Å². The molecule has 11 nitrogen and oxygen atoms in total. The number of ether oxygens (including phenoxy) is 1. The lowest BCUT2D eigenvalue weighted by molar-refractivity contribution is -0.0218. The van der Waals surface area contributed by atoms with Gasteiger partial charge in [0.2, 0.25) is 11.8 Å². The van der Waals surface area contributed by atoms with E-state index in [9.17, 15) is 10.2 Å². The Morgan fingerprint density at radius 3 is 2.77 bits per heavy atom. The number of fused-ring (bicyclic) bond motifs is 1. The fourth-order valence-corrected chi connectivity index (χ4v) is 4.78. The number of halogens is 1. The van der Waals surface area contributed by atoms with Crippen molar-refractivity contribution in [2.75, 3.05) is 18.5 Å². The number of aliphatic imine (C=N–C) groups is 1. The number of hydrogen-bond acceptors (Lipinski definition) is 10. The molecule has 0 radical (unpaired) electrons. The molecule has 186 valence electrons. The van der Waals surface area contributed by atoms with E-state index in [1.807, 2.05) is 4.57 Å². The van der Waals surface area contributed by atoms with Crippen molar-refractivity contribution in [2.45, 2.75) is 51.0 Å². The first-order valence-electron chi connectivity index (χ1n) is 11.6. The van der Waals surface area contributed by atoms with Crippen LogP contribution in [0.15, 0.2) is 16.2 Å². The van der Waals surface area contributed by atoms with Crippen LogP contribution in [0.1, 0.15) is 49.5 Å². The number of nitrogens with zero attached hydrogens (tertiary/aromatic N) is 5. The lowest BCUT2D eigenvalue weighted by Gasteiger charge is -2.27. The first-order valence-corrected chi connectivity index (χ1v) is 11.9. The third-order valence-electron chi connectivity index (χ3n) is 6.24. The first kappa shape index (κ1) is 25.1. The van der Waals surface area contributed by atoms with Crippen LogP contribution in [0.2, 0.25) is 0 Å². The van der Waals surface area contributed by atoms with Gasteiger partial charge >= 0.3 is 0 Å². The van der Waals surface area contributed by atoms with Crippen molar-refractivity contribution >= 4 is 40.8 Å². The lowest BCUT2D eigenvalue weighted by atomic mass is 9.82. The number of aromatic nitrogens is 4. The summed E-state index contributed by atoms with van der Waals surface area (Å²) in [6.45, 7) is 0.906. The van der Waals surface area contributed by atoms with Gasteiger partial charge in [-0.3, -0.25) is 16.1 Å². The van der Waals surface area contributed by atoms with Crippen molar-refractivity contribution in [3.8, 4) is 12.3 Å². The zero-order chi connectivity index (χ0) is 24.9. The van der Waals surface area contributed by atoms with E-state index in [1.54, 1.807) is 12.4 Å². The molecule has 6 N–H and O–H groups in total. The summed E-state index contributed by atoms with van der Waals surface area (Å²) in [5.41, 5.74) is 6.90. The smallest absolute Gasteiger partial charge is 0.256 e. The maximum absolute atomic E-state index is 9.39. The normalized spacial score (nSPS) is 22.9. The number of hydrogen-bond donors (Lipinski definition) is 5. The van der Waals surface area contributed by atoms with E-state index in [2.05, 4.69) is 31.2 Å². The highest BCUT2D eigenvalue weighted by Crippen LogP contribution is 2.35. The molecule has 1 fully saturated rings. The molecule has 1 aliphatic heterocycles. The average Bonchev–Trinajstić information content (AvgIpc) is 3.19. The molecule has 0 aromatic carbocycles. The van der Waals surface area contributed by atoms with Crippen molar-refractivity contribution in [1.29, 1.82) is 5.41 Å². The molecule has 4 rings (SSSR count). The van der Waals surface area contributed by atoms with Gasteiger partial charge < -0.3 is 24.8 Å². The zero-order valence-electron chi connectivity index (χ0n) is 19.2. The molecule has 0 bridgehead atoms. The van der Waals surface area contributed by atoms with Crippen LogP contribution in [0, 0.1) is 29.6 Å². The zero-order valence-corrected chi connectivity index (χ0v) is 19.9. The van der Waals surface area contributed by atoms with Crippen LogP contribution in [0.4, 0.5) is 5.95 Å². The highest BCUT2D eigenvalue weighted by molar-refractivity contribution is 6.29. The Kier molecular flexibility index (Phi) is 7.97. The summed E-state index contributed by atoms with van der Waals surface area (Å²) >= 11 is 6.29. The number of nitrogens with two attached hydrogens (primary N) is 1. The second-order valence-electron chi connectivity index (χ2n) is 8.71. The Bertz CT molecular complexity index is 1180. The minimum atomic E-state index is -1.68. The predicted octanol–water partition coefficient (Wildman–Crippen LogP) is 1.88. The van der Waals surface area contributed by atoms with Crippen LogP contribution in [0.3, 0.4) is 0 Å². The third-order valence-corrected chi connectivity index (χ3v) is 6.49. The Balaban J connectivity index is 1.81. The molecule has 2 aromatic heterocycles. The summed E-state index contributed by atoms with van der Waals surface area (Å²) in [7, 11) is 0. The van der Waals surface area contributed by atoms with Crippen molar-refractivity contribution in [3.05, 3.63) is 22.8 Å². The Morgan fingerprint density at radius 1 is 1.34 bits per heavy atom. The average molecular weight is 501 g/mol. The number of nitrogens with one attached hydrogen (secondary N) is 2. The first-order chi connectivity index (χ1) is 16.9. The molecule has 2 aliphatic rings. The maximum atomic E-state index is 9.39. The summed E-state index contributed by atoms with van der Waals surface area (Å²) in [6.07, 6.45) is 11.7. The fraction of sp³-hybridized carbons (Fsp3) is 0.522.